The van der Waals surface area contributed by atoms with Crippen LogP contribution in [0.25, 0.3) is 0 Å². The Bertz CT molecular complexity index is 473. The lowest BCUT2D eigenvalue weighted by molar-refractivity contribution is 0.245. The van der Waals surface area contributed by atoms with Crippen LogP contribution in [0, 0.1) is 18.8 Å². The van der Waals surface area contributed by atoms with Gasteiger partial charge in [-0.15, -0.1) is 0 Å². The summed E-state index contributed by atoms with van der Waals surface area (Å²) in [6, 6.07) is 0. The molecule has 1 aromatic rings. The highest BCUT2D eigenvalue weighted by molar-refractivity contribution is 5.79. The first kappa shape index (κ1) is 20.4. The summed E-state index contributed by atoms with van der Waals surface area (Å²) < 4.78 is 5.10. The molecule has 138 valence electrons. The molecule has 1 atom stereocenters. The van der Waals surface area contributed by atoms with E-state index in [2.05, 4.69) is 46.5 Å². The zero-order valence-electron chi connectivity index (χ0n) is 15.5. The number of hydrogen-bond acceptors (Lipinski definition) is 5. The number of guanidine groups is 1. The number of hydrogen-bond donors (Lipinski definition) is 3. The summed E-state index contributed by atoms with van der Waals surface area (Å²) in [5.74, 6) is 3.21. The number of aliphatic hydroxyl groups is 1. The maximum atomic E-state index is 9.20. The van der Waals surface area contributed by atoms with E-state index in [9.17, 15) is 5.11 Å². The lowest BCUT2D eigenvalue weighted by atomic mass is 9.94. The third-order valence-electron chi connectivity index (χ3n) is 3.62. The standard InChI is InChI=1S/C17H33N5O2/c1-5-18-17(20-12-15(8-10-23)11-13(2)3)19-9-6-7-16-21-14(4)22-24-16/h13,15,23H,5-12H2,1-4H3,(H2,18,19,20). The van der Waals surface area contributed by atoms with Gasteiger partial charge in [-0.2, -0.15) is 4.98 Å². The fraction of sp³-hybridized carbons (Fsp3) is 0.824. The van der Waals surface area contributed by atoms with Gasteiger partial charge in [0, 0.05) is 32.7 Å². The van der Waals surface area contributed by atoms with Crippen LogP contribution in [-0.4, -0.2) is 47.4 Å². The van der Waals surface area contributed by atoms with Crippen LogP contribution in [0.3, 0.4) is 0 Å². The van der Waals surface area contributed by atoms with Gasteiger partial charge >= 0.3 is 0 Å². The van der Waals surface area contributed by atoms with E-state index < -0.39 is 0 Å². The highest BCUT2D eigenvalue weighted by Crippen LogP contribution is 2.15. The van der Waals surface area contributed by atoms with Crippen LogP contribution >= 0.6 is 0 Å². The summed E-state index contributed by atoms with van der Waals surface area (Å²) in [6.45, 7) is 10.9. The van der Waals surface area contributed by atoms with E-state index in [1.54, 1.807) is 0 Å². The molecule has 24 heavy (non-hydrogen) atoms. The Morgan fingerprint density at radius 2 is 2.12 bits per heavy atom. The highest BCUT2D eigenvalue weighted by Gasteiger charge is 2.10. The van der Waals surface area contributed by atoms with Gasteiger partial charge in [0.2, 0.25) is 5.89 Å². The van der Waals surface area contributed by atoms with Crippen molar-refractivity contribution < 1.29 is 9.63 Å². The number of nitrogens with zero attached hydrogens (tertiary/aromatic N) is 3. The Balaban J connectivity index is 2.39. The largest absolute Gasteiger partial charge is 0.396 e. The Morgan fingerprint density at radius 3 is 2.71 bits per heavy atom. The third kappa shape index (κ3) is 8.86. The van der Waals surface area contributed by atoms with Crippen LogP contribution in [-0.2, 0) is 6.42 Å². The van der Waals surface area contributed by atoms with Crippen molar-refractivity contribution in [2.45, 2.75) is 53.4 Å². The van der Waals surface area contributed by atoms with E-state index >= 15 is 0 Å². The van der Waals surface area contributed by atoms with E-state index in [0.29, 0.717) is 23.6 Å². The molecule has 0 spiro atoms. The smallest absolute Gasteiger partial charge is 0.226 e. The van der Waals surface area contributed by atoms with Crippen molar-refractivity contribution in [1.29, 1.82) is 0 Å². The molecule has 0 radical (unpaired) electrons. The predicted octanol–water partition coefficient (Wildman–Crippen LogP) is 1.91. The lowest BCUT2D eigenvalue weighted by Gasteiger charge is -2.17. The molecular formula is C17H33N5O2. The number of aliphatic imine (C=N–C) groups is 1. The molecule has 0 amide bonds. The monoisotopic (exact) mass is 339 g/mol. The molecule has 3 N–H and O–H groups in total. The molecule has 0 aliphatic heterocycles. The number of aromatic nitrogens is 2. The van der Waals surface area contributed by atoms with Crippen LogP contribution in [0.1, 0.15) is 51.7 Å². The summed E-state index contributed by atoms with van der Waals surface area (Å²) in [7, 11) is 0. The predicted molar refractivity (Wildman–Crippen MR) is 96.0 cm³/mol. The number of nitrogens with one attached hydrogen (secondary N) is 2. The van der Waals surface area contributed by atoms with E-state index in [1.807, 2.05) is 6.92 Å². The van der Waals surface area contributed by atoms with Crippen molar-refractivity contribution in [3.05, 3.63) is 11.7 Å². The van der Waals surface area contributed by atoms with Gasteiger partial charge < -0.3 is 20.3 Å². The molecule has 1 unspecified atom stereocenters. The first-order valence-electron chi connectivity index (χ1n) is 8.97. The second-order valence-electron chi connectivity index (χ2n) is 6.49. The molecule has 0 bridgehead atoms. The van der Waals surface area contributed by atoms with Crippen molar-refractivity contribution in [3.63, 3.8) is 0 Å². The minimum Gasteiger partial charge on any atom is -0.396 e. The molecule has 1 heterocycles. The van der Waals surface area contributed by atoms with Gasteiger partial charge in [-0.25, -0.2) is 0 Å². The molecule has 7 heteroatoms. The number of rotatable bonds is 11. The topological polar surface area (TPSA) is 95.6 Å². The average molecular weight is 339 g/mol. The summed E-state index contributed by atoms with van der Waals surface area (Å²) in [4.78, 5) is 8.86. The van der Waals surface area contributed by atoms with E-state index in [4.69, 9.17) is 4.52 Å². The van der Waals surface area contributed by atoms with Crippen molar-refractivity contribution in [2.24, 2.45) is 16.8 Å². The average Bonchev–Trinajstić information content (AvgIpc) is 2.94. The quantitative estimate of drug-likeness (QED) is 0.324. The van der Waals surface area contributed by atoms with Gasteiger partial charge in [0.1, 0.15) is 0 Å². The molecule has 0 saturated carbocycles. The van der Waals surface area contributed by atoms with Crippen LogP contribution in [0.5, 0.6) is 0 Å². The molecule has 0 aliphatic rings. The first-order valence-corrected chi connectivity index (χ1v) is 8.97. The van der Waals surface area contributed by atoms with Gasteiger partial charge in [0.05, 0.1) is 0 Å². The van der Waals surface area contributed by atoms with Gasteiger partial charge in [-0.1, -0.05) is 19.0 Å². The van der Waals surface area contributed by atoms with Crippen LogP contribution < -0.4 is 10.6 Å². The number of aryl methyl sites for hydroxylation is 2. The second kappa shape index (κ2) is 11.8. The van der Waals surface area contributed by atoms with Crippen LogP contribution in [0.15, 0.2) is 9.52 Å². The summed E-state index contributed by atoms with van der Waals surface area (Å²) in [5, 5.41) is 19.6. The van der Waals surface area contributed by atoms with Crippen molar-refractivity contribution in [1.82, 2.24) is 20.8 Å². The molecular weight excluding hydrogens is 306 g/mol. The molecule has 0 saturated heterocycles. The summed E-state index contributed by atoms with van der Waals surface area (Å²) in [5.41, 5.74) is 0. The van der Waals surface area contributed by atoms with Gasteiger partial charge in [-0.3, -0.25) is 4.99 Å². The molecule has 0 aliphatic carbocycles. The molecule has 1 aromatic heterocycles. The van der Waals surface area contributed by atoms with E-state index in [1.165, 1.54) is 0 Å². The van der Waals surface area contributed by atoms with Gasteiger partial charge in [0.25, 0.3) is 0 Å². The summed E-state index contributed by atoms with van der Waals surface area (Å²) >= 11 is 0. The Morgan fingerprint density at radius 1 is 1.33 bits per heavy atom. The number of aliphatic hydroxyl groups excluding tert-OH is 1. The zero-order valence-corrected chi connectivity index (χ0v) is 15.5. The van der Waals surface area contributed by atoms with Crippen molar-refractivity contribution in [3.8, 4) is 0 Å². The maximum Gasteiger partial charge on any atom is 0.226 e. The molecule has 0 fully saturated rings. The zero-order chi connectivity index (χ0) is 17.8. The van der Waals surface area contributed by atoms with Gasteiger partial charge in [-0.05, 0) is 44.9 Å². The first-order chi connectivity index (χ1) is 11.5. The minimum absolute atomic E-state index is 0.223. The fourth-order valence-corrected chi connectivity index (χ4v) is 2.58. The van der Waals surface area contributed by atoms with Crippen LogP contribution in [0.2, 0.25) is 0 Å². The van der Waals surface area contributed by atoms with Crippen molar-refractivity contribution in [2.75, 3.05) is 26.2 Å². The molecule has 1 rings (SSSR count). The minimum atomic E-state index is 0.223. The Labute approximate surface area is 145 Å². The maximum absolute atomic E-state index is 9.20. The molecule has 7 nitrogen and oxygen atoms in total. The lowest BCUT2D eigenvalue weighted by Crippen LogP contribution is -2.38. The van der Waals surface area contributed by atoms with Gasteiger partial charge in [0.15, 0.2) is 11.8 Å². The Hall–Kier alpha value is -1.63. The van der Waals surface area contributed by atoms with E-state index in [-0.39, 0.29) is 6.61 Å². The molecule has 0 aromatic carbocycles. The highest BCUT2D eigenvalue weighted by atomic mass is 16.5. The summed E-state index contributed by atoms with van der Waals surface area (Å²) in [6.07, 6.45) is 3.55. The second-order valence-corrected chi connectivity index (χ2v) is 6.49. The van der Waals surface area contributed by atoms with Crippen molar-refractivity contribution >= 4 is 5.96 Å². The SMILES string of the molecule is CCNC(=NCC(CCO)CC(C)C)NCCCc1nc(C)no1. The normalized spacial score (nSPS) is 13.3. The fourth-order valence-electron chi connectivity index (χ4n) is 2.58. The van der Waals surface area contributed by atoms with E-state index in [0.717, 1.165) is 51.3 Å². The third-order valence-corrected chi connectivity index (χ3v) is 3.62. The van der Waals surface area contributed by atoms with Crippen LogP contribution in [0.4, 0.5) is 0 Å². The Kier molecular flexibility index (Phi) is 10.1.